The average Bonchev–Trinajstić information content (AvgIpc) is 2.81. The Labute approximate surface area is 187 Å². The Morgan fingerprint density at radius 3 is 2.13 bits per heavy atom. The smallest absolute Gasteiger partial charge is 0.261 e. The van der Waals surface area contributed by atoms with Crippen LogP contribution < -0.4 is 10.1 Å². The Morgan fingerprint density at radius 1 is 0.903 bits per heavy atom. The molecule has 3 rings (SSSR count). The fourth-order valence-electron chi connectivity index (χ4n) is 3.25. The summed E-state index contributed by atoms with van der Waals surface area (Å²) in [7, 11) is 1.58. The molecule has 1 N–H and O–H groups in total. The van der Waals surface area contributed by atoms with Gasteiger partial charge in [0.2, 0.25) is 5.91 Å². The van der Waals surface area contributed by atoms with Crippen LogP contribution >= 0.6 is 11.6 Å². The van der Waals surface area contributed by atoms with E-state index in [1.165, 1.54) is 0 Å². The molecule has 0 aliphatic carbocycles. The molecule has 0 saturated carbocycles. The first-order valence-electron chi connectivity index (χ1n) is 10.0. The maximum atomic E-state index is 13.2. The predicted octanol–water partition coefficient (Wildman–Crippen LogP) is 4.10. The Hall–Kier alpha value is -3.31. The summed E-state index contributed by atoms with van der Waals surface area (Å²) in [6.45, 7) is 0.0962. The maximum absolute atomic E-state index is 13.2. The van der Waals surface area contributed by atoms with Crippen molar-refractivity contribution in [1.29, 1.82) is 0 Å². The van der Waals surface area contributed by atoms with E-state index in [2.05, 4.69) is 5.32 Å². The van der Waals surface area contributed by atoms with Gasteiger partial charge in [-0.1, -0.05) is 72.3 Å². The zero-order valence-corrected chi connectivity index (χ0v) is 18.1. The normalized spacial score (nSPS) is 11.4. The first-order valence-corrected chi connectivity index (χ1v) is 10.4. The highest BCUT2D eigenvalue weighted by Gasteiger charge is 2.30. The summed E-state index contributed by atoms with van der Waals surface area (Å²) in [5.41, 5.74) is 1.84. The molecular formula is C25H25ClN2O3. The van der Waals surface area contributed by atoms with Crippen LogP contribution in [-0.2, 0) is 22.6 Å². The van der Waals surface area contributed by atoms with Gasteiger partial charge in [0.1, 0.15) is 11.8 Å². The molecule has 2 amide bonds. The van der Waals surface area contributed by atoms with Crippen LogP contribution in [0.3, 0.4) is 0 Å². The van der Waals surface area contributed by atoms with Gasteiger partial charge in [-0.25, -0.2) is 0 Å². The minimum atomic E-state index is -0.685. The third kappa shape index (κ3) is 6.59. The molecule has 3 aromatic carbocycles. The number of amides is 2. The van der Waals surface area contributed by atoms with E-state index in [1.807, 2.05) is 60.7 Å². The van der Waals surface area contributed by atoms with Crippen molar-refractivity contribution in [1.82, 2.24) is 10.2 Å². The molecule has 1 atom stereocenters. The van der Waals surface area contributed by atoms with Crippen LogP contribution in [0, 0.1) is 0 Å². The van der Waals surface area contributed by atoms with E-state index in [-0.39, 0.29) is 25.0 Å². The molecule has 0 aliphatic heterocycles. The van der Waals surface area contributed by atoms with Crippen molar-refractivity contribution in [3.63, 3.8) is 0 Å². The summed E-state index contributed by atoms with van der Waals surface area (Å²) in [5, 5.41) is 3.31. The summed E-state index contributed by atoms with van der Waals surface area (Å²) < 4.78 is 5.68. The second-order valence-corrected chi connectivity index (χ2v) is 7.51. The lowest BCUT2D eigenvalue weighted by Crippen LogP contribution is -2.51. The van der Waals surface area contributed by atoms with Crippen molar-refractivity contribution in [3.05, 3.63) is 101 Å². The minimum Gasteiger partial charge on any atom is -0.484 e. The lowest BCUT2D eigenvalue weighted by molar-refractivity contribution is -0.142. The van der Waals surface area contributed by atoms with Gasteiger partial charge in [0, 0.05) is 25.0 Å². The van der Waals surface area contributed by atoms with Crippen LogP contribution in [0.4, 0.5) is 0 Å². The van der Waals surface area contributed by atoms with Crippen LogP contribution in [0.2, 0.25) is 5.02 Å². The Balaban J connectivity index is 1.86. The Bertz CT molecular complexity index is 979. The number of carbonyl (C=O) groups excluding carboxylic acids is 2. The SMILES string of the molecule is CNC(=O)[C@@H](Cc1ccccc1)N(Cc1ccc(Cl)cc1)C(=O)COc1ccccc1. The molecule has 3 aromatic rings. The van der Waals surface area contributed by atoms with Gasteiger partial charge >= 0.3 is 0 Å². The summed E-state index contributed by atoms with van der Waals surface area (Å²) in [5.74, 6) is 0.0936. The van der Waals surface area contributed by atoms with Crippen molar-refractivity contribution in [2.24, 2.45) is 0 Å². The molecule has 0 fully saturated rings. The average molecular weight is 437 g/mol. The fourth-order valence-corrected chi connectivity index (χ4v) is 3.38. The highest BCUT2D eigenvalue weighted by molar-refractivity contribution is 6.30. The number of ether oxygens (including phenoxy) is 1. The monoisotopic (exact) mass is 436 g/mol. The highest BCUT2D eigenvalue weighted by Crippen LogP contribution is 2.17. The van der Waals surface area contributed by atoms with Gasteiger partial charge in [0.05, 0.1) is 0 Å². The molecule has 0 saturated heterocycles. The second kappa shape index (κ2) is 11.2. The number of hydrogen-bond donors (Lipinski definition) is 1. The van der Waals surface area contributed by atoms with E-state index in [9.17, 15) is 9.59 Å². The number of benzene rings is 3. The van der Waals surface area contributed by atoms with E-state index in [1.54, 1.807) is 36.2 Å². The number of nitrogens with one attached hydrogen (secondary N) is 1. The first-order chi connectivity index (χ1) is 15.1. The van der Waals surface area contributed by atoms with Crippen LogP contribution in [0.15, 0.2) is 84.9 Å². The molecule has 6 heteroatoms. The largest absolute Gasteiger partial charge is 0.484 e. The van der Waals surface area contributed by atoms with Crippen molar-refractivity contribution in [3.8, 4) is 5.75 Å². The molecule has 0 bridgehead atoms. The molecule has 0 aliphatic rings. The molecule has 0 heterocycles. The van der Waals surface area contributed by atoms with Crippen LogP contribution in [0.1, 0.15) is 11.1 Å². The second-order valence-electron chi connectivity index (χ2n) is 7.07. The molecule has 0 unspecified atom stereocenters. The van der Waals surface area contributed by atoms with Crippen LogP contribution in [0.5, 0.6) is 5.75 Å². The van der Waals surface area contributed by atoms with Crippen molar-refractivity contribution < 1.29 is 14.3 Å². The van der Waals surface area contributed by atoms with Crippen molar-refractivity contribution in [2.45, 2.75) is 19.0 Å². The first kappa shape index (κ1) is 22.4. The van der Waals surface area contributed by atoms with Crippen molar-refractivity contribution >= 4 is 23.4 Å². The molecule has 0 radical (unpaired) electrons. The van der Waals surface area contributed by atoms with Gasteiger partial charge < -0.3 is 15.0 Å². The maximum Gasteiger partial charge on any atom is 0.261 e. The number of likely N-dealkylation sites (N-methyl/N-ethyl adjacent to an activating group) is 1. The number of para-hydroxylation sites is 1. The number of nitrogens with zero attached hydrogens (tertiary/aromatic N) is 1. The number of carbonyl (C=O) groups is 2. The third-order valence-electron chi connectivity index (χ3n) is 4.89. The third-order valence-corrected chi connectivity index (χ3v) is 5.14. The van der Waals surface area contributed by atoms with Gasteiger partial charge in [-0.15, -0.1) is 0 Å². The summed E-state index contributed by atoms with van der Waals surface area (Å²) in [6, 6.07) is 25.3. The highest BCUT2D eigenvalue weighted by atomic mass is 35.5. The number of hydrogen-bond acceptors (Lipinski definition) is 3. The molecular weight excluding hydrogens is 412 g/mol. The molecule has 31 heavy (non-hydrogen) atoms. The van der Waals surface area contributed by atoms with E-state index in [0.29, 0.717) is 17.2 Å². The predicted molar refractivity (Wildman–Crippen MR) is 122 cm³/mol. The Morgan fingerprint density at radius 2 is 1.52 bits per heavy atom. The standard InChI is InChI=1S/C25H25ClN2O3/c1-27-25(30)23(16-19-8-4-2-5-9-19)28(17-20-12-14-21(26)15-13-20)24(29)18-31-22-10-6-3-7-11-22/h2-15,23H,16-18H2,1H3,(H,27,30)/t23-/m1/s1. The summed E-state index contributed by atoms with van der Waals surface area (Å²) in [4.78, 5) is 27.6. The summed E-state index contributed by atoms with van der Waals surface area (Å²) >= 11 is 6.01. The van der Waals surface area contributed by atoms with Gasteiger partial charge in [-0.2, -0.15) is 0 Å². The van der Waals surface area contributed by atoms with E-state index < -0.39 is 6.04 Å². The van der Waals surface area contributed by atoms with Gasteiger partial charge in [-0.3, -0.25) is 9.59 Å². The quantitative estimate of drug-likeness (QED) is 0.549. The van der Waals surface area contributed by atoms with E-state index in [4.69, 9.17) is 16.3 Å². The van der Waals surface area contributed by atoms with Gasteiger partial charge in [0.25, 0.3) is 5.91 Å². The molecule has 5 nitrogen and oxygen atoms in total. The zero-order valence-electron chi connectivity index (χ0n) is 17.3. The lowest BCUT2D eigenvalue weighted by Gasteiger charge is -2.31. The van der Waals surface area contributed by atoms with E-state index >= 15 is 0 Å². The van der Waals surface area contributed by atoms with Crippen LogP contribution in [0.25, 0.3) is 0 Å². The molecule has 160 valence electrons. The summed E-state index contributed by atoms with van der Waals surface area (Å²) in [6.07, 6.45) is 0.394. The van der Waals surface area contributed by atoms with Crippen molar-refractivity contribution in [2.75, 3.05) is 13.7 Å². The fraction of sp³-hybridized carbons (Fsp3) is 0.200. The number of rotatable bonds is 9. The van der Waals surface area contributed by atoms with Crippen LogP contribution in [-0.4, -0.2) is 36.4 Å². The molecule has 0 aromatic heterocycles. The van der Waals surface area contributed by atoms with Gasteiger partial charge in [0.15, 0.2) is 6.61 Å². The topological polar surface area (TPSA) is 58.6 Å². The number of halogens is 1. The van der Waals surface area contributed by atoms with E-state index in [0.717, 1.165) is 11.1 Å². The molecule has 0 spiro atoms. The van der Waals surface area contributed by atoms with Gasteiger partial charge in [-0.05, 0) is 35.4 Å². The zero-order chi connectivity index (χ0) is 22.1. The Kier molecular flexibility index (Phi) is 8.07. The lowest BCUT2D eigenvalue weighted by atomic mass is 10.0. The minimum absolute atomic E-state index is 0.167.